The molecule has 2 aromatic rings. The lowest BCUT2D eigenvalue weighted by molar-refractivity contribution is 0.221. The van der Waals surface area contributed by atoms with E-state index in [0.29, 0.717) is 23.8 Å². The number of aromatic nitrogens is 2. The Morgan fingerprint density at radius 2 is 1.93 bits per heavy atom. The van der Waals surface area contributed by atoms with Gasteiger partial charge in [-0.3, -0.25) is 0 Å². The molecule has 0 radical (unpaired) electrons. The Morgan fingerprint density at radius 1 is 1.20 bits per heavy atom. The molecule has 4 nitrogen and oxygen atoms in total. The Morgan fingerprint density at radius 3 is 2.57 bits per heavy atom. The number of nitrogens with one attached hydrogen (secondary N) is 1. The number of nitrogens with zero attached hydrogens (tertiary/aromatic N) is 3. The normalized spacial score (nSPS) is 17.9. The van der Waals surface area contributed by atoms with Crippen LogP contribution in [-0.4, -0.2) is 23.1 Å². The number of benzene rings is 1. The number of hydrogen-bond acceptors (Lipinski definition) is 4. The Kier molecular flexibility index (Phi) is 7.27. The van der Waals surface area contributed by atoms with Gasteiger partial charge in [0.15, 0.2) is 11.6 Å². The molecule has 2 unspecified atom stereocenters. The second-order valence-electron chi connectivity index (χ2n) is 8.75. The van der Waals surface area contributed by atoms with E-state index in [0.717, 1.165) is 44.2 Å². The number of rotatable bonds is 9. The molecule has 1 aliphatic heterocycles. The van der Waals surface area contributed by atoms with Crippen molar-refractivity contribution in [2.75, 3.05) is 23.3 Å². The fourth-order valence-electron chi connectivity index (χ4n) is 4.25. The molecule has 0 amide bonds. The van der Waals surface area contributed by atoms with Gasteiger partial charge in [-0.15, -0.1) is 0 Å². The predicted molar refractivity (Wildman–Crippen MR) is 119 cm³/mol. The Balaban J connectivity index is 1.79. The smallest absolute Gasteiger partial charge is 0.207 e. The Hall–Kier alpha value is -2.24. The van der Waals surface area contributed by atoms with E-state index in [1.165, 1.54) is 6.33 Å². The summed E-state index contributed by atoms with van der Waals surface area (Å²) in [5.41, 5.74) is 0.330. The van der Waals surface area contributed by atoms with Crippen LogP contribution in [0.1, 0.15) is 77.0 Å². The first-order chi connectivity index (χ1) is 14.3. The van der Waals surface area contributed by atoms with Crippen LogP contribution in [0.2, 0.25) is 0 Å². The Labute approximate surface area is 179 Å². The molecule has 1 aliphatic rings. The third kappa shape index (κ3) is 5.08. The highest BCUT2D eigenvalue weighted by Crippen LogP contribution is 2.38. The third-order valence-corrected chi connectivity index (χ3v) is 6.11. The molecule has 0 saturated carbocycles. The molecule has 164 valence electrons. The van der Waals surface area contributed by atoms with E-state index < -0.39 is 11.5 Å². The van der Waals surface area contributed by atoms with E-state index >= 15 is 4.39 Å². The van der Waals surface area contributed by atoms with E-state index in [-0.39, 0.29) is 11.9 Å². The monoisotopic (exact) mass is 416 g/mol. The maximum atomic E-state index is 15.3. The van der Waals surface area contributed by atoms with Gasteiger partial charge in [-0.05, 0) is 50.2 Å². The Bertz CT molecular complexity index is 817. The zero-order valence-corrected chi connectivity index (χ0v) is 18.6. The van der Waals surface area contributed by atoms with E-state index in [4.69, 9.17) is 0 Å². The second-order valence-corrected chi connectivity index (χ2v) is 8.75. The summed E-state index contributed by atoms with van der Waals surface area (Å²) in [6.07, 6.45) is 6.60. The molecule has 3 rings (SSSR count). The zero-order chi connectivity index (χ0) is 21.7. The van der Waals surface area contributed by atoms with Gasteiger partial charge in [-0.1, -0.05) is 51.0 Å². The zero-order valence-electron chi connectivity index (χ0n) is 18.6. The van der Waals surface area contributed by atoms with Gasteiger partial charge in [-0.25, -0.2) is 14.4 Å². The summed E-state index contributed by atoms with van der Waals surface area (Å²) in [5, 5.41) is 3.20. The predicted octanol–water partition coefficient (Wildman–Crippen LogP) is 6.40. The quantitative estimate of drug-likeness (QED) is 0.513. The lowest BCUT2D eigenvalue weighted by Gasteiger charge is -2.27. The highest BCUT2D eigenvalue weighted by Gasteiger charge is 2.30. The first kappa shape index (κ1) is 22.4. The molecule has 0 spiro atoms. The highest BCUT2D eigenvalue weighted by molar-refractivity contribution is 5.53. The van der Waals surface area contributed by atoms with Crippen LogP contribution in [0, 0.1) is 11.7 Å². The summed E-state index contributed by atoms with van der Waals surface area (Å²) >= 11 is 0. The largest absolute Gasteiger partial charge is 0.367 e. The summed E-state index contributed by atoms with van der Waals surface area (Å²) in [7, 11) is 0. The van der Waals surface area contributed by atoms with Gasteiger partial charge in [0.2, 0.25) is 5.82 Å². The van der Waals surface area contributed by atoms with Crippen LogP contribution in [0.25, 0.3) is 0 Å². The average molecular weight is 417 g/mol. The van der Waals surface area contributed by atoms with Crippen molar-refractivity contribution in [3.8, 4) is 0 Å². The van der Waals surface area contributed by atoms with Crippen LogP contribution in [0.4, 0.5) is 20.4 Å². The summed E-state index contributed by atoms with van der Waals surface area (Å²) in [6, 6.07) is 7.59. The van der Waals surface area contributed by atoms with Crippen LogP contribution in [0.5, 0.6) is 0 Å². The van der Waals surface area contributed by atoms with Crippen molar-refractivity contribution in [2.45, 2.75) is 71.5 Å². The number of alkyl halides is 1. The minimum atomic E-state index is -1.37. The molecule has 0 bridgehead atoms. The minimum Gasteiger partial charge on any atom is -0.367 e. The summed E-state index contributed by atoms with van der Waals surface area (Å²) in [4.78, 5) is 10.4. The van der Waals surface area contributed by atoms with Gasteiger partial charge in [0, 0.05) is 13.1 Å². The molecule has 2 atom stereocenters. The van der Waals surface area contributed by atoms with E-state index in [9.17, 15) is 4.39 Å². The van der Waals surface area contributed by atoms with E-state index in [1.54, 1.807) is 13.8 Å². The SMILES string of the molecule is CCCC(CC)CNc1ncnc(N2CCCC2c2ccc(C(C)(C)F)cc2)c1F. The maximum absolute atomic E-state index is 15.3. The topological polar surface area (TPSA) is 41.1 Å². The lowest BCUT2D eigenvalue weighted by Crippen LogP contribution is -2.26. The molecule has 1 aromatic carbocycles. The molecular weight excluding hydrogens is 382 g/mol. The van der Waals surface area contributed by atoms with Crippen molar-refractivity contribution in [3.05, 3.63) is 47.5 Å². The van der Waals surface area contributed by atoms with Crippen LogP contribution >= 0.6 is 0 Å². The molecule has 6 heteroatoms. The molecular formula is C24H34F2N4. The molecule has 1 fully saturated rings. The standard InChI is InChI=1S/C24H34F2N4/c1-5-8-17(6-2)15-27-22-21(25)23(29-16-28-22)30-14-7-9-20(30)18-10-12-19(13-11-18)24(3,4)26/h10-13,16-17,20H,5-9,14-15H2,1-4H3,(H,27,28,29). The van der Waals surface area contributed by atoms with Gasteiger partial charge < -0.3 is 10.2 Å². The number of hydrogen-bond donors (Lipinski definition) is 1. The second kappa shape index (κ2) is 9.71. The molecule has 2 heterocycles. The van der Waals surface area contributed by atoms with Crippen LogP contribution in [0.3, 0.4) is 0 Å². The fraction of sp³-hybridized carbons (Fsp3) is 0.583. The first-order valence-electron chi connectivity index (χ1n) is 11.2. The van der Waals surface area contributed by atoms with Crippen molar-refractivity contribution in [2.24, 2.45) is 5.92 Å². The van der Waals surface area contributed by atoms with Crippen molar-refractivity contribution in [1.82, 2.24) is 9.97 Å². The maximum Gasteiger partial charge on any atom is 0.207 e. The van der Waals surface area contributed by atoms with E-state index in [1.807, 2.05) is 29.2 Å². The van der Waals surface area contributed by atoms with Crippen molar-refractivity contribution in [3.63, 3.8) is 0 Å². The molecule has 1 aromatic heterocycles. The fourth-order valence-corrected chi connectivity index (χ4v) is 4.25. The van der Waals surface area contributed by atoms with Crippen LogP contribution < -0.4 is 10.2 Å². The van der Waals surface area contributed by atoms with Crippen molar-refractivity contribution in [1.29, 1.82) is 0 Å². The van der Waals surface area contributed by atoms with Gasteiger partial charge >= 0.3 is 0 Å². The van der Waals surface area contributed by atoms with Gasteiger partial charge in [-0.2, -0.15) is 4.39 Å². The van der Waals surface area contributed by atoms with Crippen molar-refractivity contribution >= 4 is 11.6 Å². The average Bonchev–Trinajstić information content (AvgIpc) is 3.21. The number of anilines is 2. The molecule has 0 aliphatic carbocycles. The van der Waals surface area contributed by atoms with Gasteiger partial charge in [0.05, 0.1) is 6.04 Å². The van der Waals surface area contributed by atoms with Crippen molar-refractivity contribution < 1.29 is 8.78 Å². The number of halogens is 2. The van der Waals surface area contributed by atoms with Gasteiger partial charge in [0.1, 0.15) is 12.0 Å². The van der Waals surface area contributed by atoms with E-state index in [2.05, 4.69) is 29.1 Å². The first-order valence-corrected chi connectivity index (χ1v) is 11.2. The summed E-state index contributed by atoms with van der Waals surface area (Å²) in [5.74, 6) is 0.728. The van der Waals surface area contributed by atoms with Crippen LogP contribution in [0.15, 0.2) is 30.6 Å². The molecule has 30 heavy (non-hydrogen) atoms. The third-order valence-electron chi connectivity index (χ3n) is 6.11. The molecule has 1 N–H and O–H groups in total. The van der Waals surface area contributed by atoms with Crippen LogP contribution in [-0.2, 0) is 5.67 Å². The lowest BCUT2D eigenvalue weighted by atomic mass is 9.96. The molecule has 1 saturated heterocycles. The highest BCUT2D eigenvalue weighted by atomic mass is 19.1. The summed E-state index contributed by atoms with van der Waals surface area (Å²) < 4.78 is 29.5. The van der Waals surface area contributed by atoms with Gasteiger partial charge in [0.25, 0.3) is 0 Å². The summed E-state index contributed by atoms with van der Waals surface area (Å²) in [6.45, 7) is 8.88. The minimum absolute atomic E-state index is 0.0301.